The molecule has 2 heteroatoms. The molecule has 0 bridgehead atoms. The highest BCUT2D eigenvalue weighted by Gasteiger charge is 2.23. The van der Waals surface area contributed by atoms with Crippen LogP contribution in [0.1, 0.15) is 69.0 Å². The van der Waals surface area contributed by atoms with Crippen molar-refractivity contribution in [3.05, 3.63) is 23.5 Å². The summed E-state index contributed by atoms with van der Waals surface area (Å²) < 4.78 is 0. The van der Waals surface area contributed by atoms with Crippen molar-refractivity contribution in [1.29, 1.82) is 0 Å². The van der Waals surface area contributed by atoms with Crippen LogP contribution in [-0.4, -0.2) is 10.2 Å². The first-order valence-electron chi connectivity index (χ1n) is 6.14. The summed E-state index contributed by atoms with van der Waals surface area (Å²) in [6.07, 6.45) is 8.28. The molecule has 82 valence electrons. The molecule has 2 nitrogen and oxygen atoms in total. The SMILES string of the molecule is CCCC1CCCC(C)c2ccnnc21. The predicted octanol–water partition coefficient (Wildman–Crippen LogP) is 3.65. The molecule has 0 fully saturated rings. The highest BCUT2D eigenvalue weighted by molar-refractivity contribution is 5.26. The van der Waals surface area contributed by atoms with Crippen molar-refractivity contribution in [2.24, 2.45) is 0 Å². The smallest absolute Gasteiger partial charge is 0.0696 e. The van der Waals surface area contributed by atoms with Crippen molar-refractivity contribution in [2.75, 3.05) is 0 Å². The first-order valence-corrected chi connectivity index (χ1v) is 6.14. The number of nitrogens with zero attached hydrogens (tertiary/aromatic N) is 2. The summed E-state index contributed by atoms with van der Waals surface area (Å²) in [5.74, 6) is 1.32. The van der Waals surface area contributed by atoms with Crippen LogP contribution in [0.25, 0.3) is 0 Å². The Labute approximate surface area is 92.1 Å². The molecule has 0 aromatic carbocycles. The van der Waals surface area contributed by atoms with E-state index in [-0.39, 0.29) is 0 Å². The van der Waals surface area contributed by atoms with Gasteiger partial charge in [0.15, 0.2) is 0 Å². The van der Waals surface area contributed by atoms with E-state index in [0.29, 0.717) is 11.8 Å². The zero-order valence-corrected chi connectivity index (χ0v) is 9.74. The fourth-order valence-corrected chi connectivity index (χ4v) is 2.68. The van der Waals surface area contributed by atoms with E-state index < -0.39 is 0 Å². The Morgan fingerprint density at radius 1 is 1.40 bits per heavy atom. The molecule has 0 radical (unpaired) electrons. The quantitative estimate of drug-likeness (QED) is 0.687. The summed E-state index contributed by atoms with van der Waals surface area (Å²) >= 11 is 0. The molecular weight excluding hydrogens is 184 g/mol. The topological polar surface area (TPSA) is 25.8 Å². The lowest BCUT2D eigenvalue weighted by molar-refractivity contribution is 0.530. The average Bonchev–Trinajstić information content (AvgIpc) is 2.41. The molecule has 2 atom stereocenters. The molecule has 0 saturated heterocycles. The minimum absolute atomic E-state index is 0.656. The van der Waals surface area contributed by atoms with Crippen LogP contribution in [0.4, 0.5) is 0 Å². The van der Waals surface area contributed by atoms with Crippen molar-refractivity contribution >= 4 is 0 Å². The highest BCUT2D eigenvalue weighted by Crippen LogP contribution is 2.36. The molecule has 0 aliphatic heterocycles. The fourth-order valence-electron chi connectivity index (χ4n) is 2.68. The third kappa shape index (κ3) is 2.19. The maximum absolute atomic E-state index is 4.38. The monoisotopic (exact) mass is 204 g/mol. The molecule has 1 aromatic rings. The molecule has 1 heterocycles. The summed E-state index contributed by atoms with van der Waals surface area (Å²) in [5.41, 5.74) is 2.73. The summed E-state index contributed by atoms with van der Waals surface area (Å²) in [7, 11) is 0. The van der Waals surface area contributed by atoms with Gasteiger partial charge in [0.2, 0.25) is 0 Å². The number of fused-ring (bicyclic) bond motifs is 1. The molecule has 0 saturated carbocycles. The Bertz CT molecular complexity index is 322. The normalized spacial score (nSPS) is 25.7. The largest absolute Gasteiger partial charge is 0.159 e. The van der Waals surface area contributed by atoms with Gasteiger partial charge in [-0.2, -0.15) is 10.2 Å². The molecule has 1 aliphatic carbocycles. The van der Waals surface area contributed by atoms with Gasteiger partial charge in [-0.05, 0) is 36.8 Å². The van der Waals surface area contributed by atoms with Crippen molar-refractivity contribution in [3.63, 3.8) is 0 Å². The van der Waals surface area contributed by atoms with Gasteiger partial charge in [0.05, 0.1) is 5.69 Å². The van der Waals surface area contributed by atoms with Crippen LogP contribution in [-0.2, 0) is 0 Å². The van der Waals surface area contributed by atoms with E-state index in [2.05, 4.69) is 30.1 Å². The third-order valence-electron chi connectivity index (χ3n) is 3.53. The summed E-state index contributed by atoms with van der Waals surface area (Å²) in [6.45, 7) is 4.57. The van der Waals surface area contributed by atoms with E-state index in [1.807, 2.05) is 6.20 Å². The Morgan fingerprint density at radius 2 is 2.27 bits per heavy atom. The molecular formula is C13H20N2. The zero-order valence-electron chi connectivity index (χ0n) is 9.74. The lowest BCUT2D eigenvalue weighted by Crippen LogP contribution is -2.05. The Kier molecular flexibility index (Phi) is 3.34. The lowest BCUT2D eigenvalue weighted by atomic mass is 9.92. The maximum atomic E-state index is 4.38. The van der Waals surface area contributed by atoms with Crippen LogP contribution < -0.4 is 0 Å². The molecule has 15 heavy (non-hydrogen) atoms. The second-order valence-corrected chi connectivity index (χ2v) is 4.69. The van der Waals surface area contributed by atoms with E-state index in [4.69, 9.17) is 0 Å². The maximum Gasteiger partial charge on any atom is 0.0696 e. The van der Waals surface area contributed by atoms with E-state index in [1.165, 1.54) is 43.4 Å². The van der Waals surface area contributed by atoms with Crippen molar-refractivity contribution < 1.29 is 0 Å². The molecule has 1 aliphatic rings. The van der Waals surface area contributed by atoms with E-state index >= 15 is 0 Å². The molecule has 0 spiro atoms. The first kappa shape index (κ1) is 10.6. The number of rotatable bonds is 2. The van der Waals surface area contributed by atoms with Gasteiger partial charge in [-0.25, -0.2) is 0 Å². The molecule has 1 aromatic heterocycles. The van der Waals surface area contributed by atoms with Gasteiger partial charge >= 0.3 is 0 Å². The molecule has 2 rings (SSSR count). The number of hydrogen-bond acceptors (Lipinski definition) is 2. The van der Waals surface area contributed by atoms with Gasteiger partial charge in [-0.1, -0.05) is 26.7 Å². The Morgan fingerprint density at radius 3 is 3.07 bits per heavy atom. The summed E-state index contributed by atoms with van der Waals surface area (Å²) in [4.78, 5) is 0. The fraction of sp³-hybridized carbons (Fsp3) is 0.692. The molecule has 0 amide bonds. The van der Waals surface area contributed by atoms with E-state index in [0.717, 1.165) is 0 Å². The Balaban J connectivity index is 2.34. The average molecular weight is 204 g/mol. The number of hydrogen-bond donors (Lipinski definition) is 0. The first-order chi connectivity index (χ1) is 7.33. The van der Waals surface area contributed by atoms with Gasteiger partial charge in [-0.15, -0.1) is 0 Å². The van der Waals surface area contributed by atoms with Gasteiger partial charge in [0.25, 0.3) is 0 Å². The van der Waals surface area contributed by atoms with Crippen LogP contribution in [0.2, 0.25) is 0 Å². The third-order valence-corrected chi connectivity index (χ3v) is 3.53. The summed E-state index contributed by atoms with van der Waals surface area (Å²) in [6, 6.07) is 2.17. The van der Waals surface area contributed by atoms with Crippen LogP contribution >= 0.6 is 0 Å². The van der Waals surface area contributed by atoms with Gasteiger partial charge in [0, 0.05) is 12.1 Å². The number of aromatic nitrogens is 2. The predicted molar refractivity (Wildman–Crippen MR) is 61.9 cm³/mol. The second-order valence-electron chi connectivity index (χ2n) is 4.69. The second kappa shape index (κ2) is 4.73. The van der Waals surface area contributed by atoms with Crippen LogP contribution in [0.5, 0.6) is 0 Å². The van der Waals surface area contributed by atoms with Crippen LogP contribution in [0.15, 0.2) is 12.3 Å². The zero-order chi connectivity index (χ0) is 10.7. The summed E-state index contributed by atoms with van der Waals surface area (Å²) in [5, 5.41) is 8.44. The van der Waals surface area contributed by atoms with Gasteiger partial charge in [-0.3, -0.25) is 0 Å². The van der Waals surface area contributed by atoms with Crippen LogP contribution in [0.3, 0.4) is 0 Å². The standard InChI is InChI=1S/C13H20N2/c1-3-5-11-7-4-6-10(2)12-8-9-14-15-13(11)12/h8-11H,3-7H2,1-2H3. The molecule has 2 unspecified atom stereocenters. The van der Waals surface area contributed by atoms with Gasteiger partial charge in [0.1, 0.15) is 0 Å². The van der Waals surface area contributed by atoms with Gasteiger partial charge < -0.3 is 0 Å². The van der Waals surface area contributed by atoms with Crippen molar-refractivity contribution in [2.45, 2.75) is 57.8 Å². The van der Waals surface area contributed by atoms with E-state index in [9.17, 15) is 0 Å². The molecule has 0 N–H and O–H groups in total. The highest BCUT2D eigenvalue weighted by atomic mass is 15.1. The Hall–Kier alpha value is -0.920. The van der Waals surface area contributed by atoms with E-state index in [1.54, 1.807) is 0 Å². The van der Waals surface area contributed by atoms with Crippen molar-refractivity contribution in [3.8, 4) is 0 Å². The lowest BCUT2D eigenvalue weighted by Gasteiger charge is -2.15. The minimum atomic E-state index is 0.656. The van der Waals surface area contributed by atoms with Crippen molar-refractivity contribution in [1.82, 2.24) is 10.2 Å². The van der Waals surface area contributed by atoms with Crippen LogP contribution in [0, 0.1) is 0 Å². The minimum Gasteiger partial charge on any atom is -0.159 e.